The maximum atomic E-state index is 12.1. The summed E-state index contributed by atoms with van der Waals surface area (Å²) in [6.07, 6.45) is 1.82. The number of morpholine rings is 1. The highest BCUT2D eigenvalue weighted by atomic mass is 32.1. The summed E-state index contributed by atoms with van der Waals surface area (Å²) in [5.41, 5.74) is 0.723. The fourth-order valence-corrected chi connectivity index (χ4v) is 3.29. The maximum Gasteiger partial charge on any atom is 0.286 e. The number of carbonyl (C=O) groups excluding carboxylic acids is 2. The Bertz CT molecular complexity index is 714. The fraction of sp³-hybridized carbons (Fsp3) is 0.412. The zero-order chi connectivity index (χ0) is 17.5. The van der Waals surface area contributed by atoms with Gasteiger partial charge in [0.1, 0.15) is 5.01 Å². The SMILES string of the molecule is O=C(Nc1ccccc1)c1nnc(CCCC(=O)N2CCOCC2)s1. The van der Waals surface area contributed by atoms with Crippen LogP contribution in [-0.4, -0.2) is 53.2 Å². The second-order valence-electron chi connectivity index (χ2n) is 5.67. The first kappa shape index (κ1) is 17.5. The Balaban J connectivity index is 1.45. The van der Waals surface area contributed by atoms with Crippen LogP contribution in [0.15, 0.2) is 30.3 Å². The summed E-state index contributed by atoms with van der Waals surface area (Å²) < 4.78 is 5.24. The van der Waals surface area contributed by atoms with E-state index in [1.807, 2.05) is 35.2 Å². The summed E-state index contributed by atoms with van der Waals surface area (Å²) >= 11 is 1.27. The third kappa shape index (κ3) is 5.07. The predicted molar refractivity (Wildman–Crippen MR) is 94.6 cm³/mol. The topological polar surface area (TPSA) is 84.4 Å². The molecular weight excluding hydrogens is 340 g/mol. The first-order chi connectivity index (χ1) is 12.2. The lowest BCUT2D eigenvalue weighted by Crippen LogP contribution is -2.40. The molecule has 0 atom stereocenters. The smallest absolute Gasteiger partial charge is 0.286 e. The van der Waals surface area contributed by atoms with E-state index in [1.165, 1.54) is 11.3 Å². The zero-order valence-electron chi connectivity index (χ0n) is 13.8. The Morgan fingerprint density at radius 1 is 1.16 bits per heavy atom. The van der Waals surface area contributed by atoms with E-state index < -0.39 is 0 Å². The van der Waals surface area contributed by atoms with E-state index in [0.29, 0.717) is 50.6 Å². The number of para-hydroxylation sites is 1. The fourth-order valence-electron chi connectivity index (χ4n) is 2.51. The highest BCUT2D eigenvalue weighted by Crippen LogP contribution is 2.15. The minimum Gasteiger partial charge on any atom is -0.378 e. The molecule has 0 bridgehead atoms. The Morgan fingerprint density at radius 3 is 2.68 bits per heavy atom. The number of carbonyl (C=O) groups is 2. The number of rotatable bonds is 6. The van der Waals surface area contributed by atoms with Crippen LogP contribution in [-0.2, 0) is 16.0 Å². The number of hydrogen-bond donors (Lipinski definition) is 1. The number of ether oxygens (including phenoxy) is 1. The first-order valence-electron chi connectivity index (χ1n) is 8.26. The van der Waals surface area contributed by atoms with Gasteiger partial charge in [-0.15, -0.1) is 10.2 Å². The Hall–Kier alpha value is -2.32. The number of hydrogen-bond acceptors (Lipinski definition) is 6. The molecule has 0 saturated carbocycles. The molecule has 1 aromatic heterocycles. The minimum absolute atomic E-state index is 0.148. The molecule has 2 amide bonds. The third-order valence-corrected chi connectivity index (χ3v) is 4.82. The molecule has 1 aromatic carbocycles. The van der Waals surface area contributed by atoms with Crippen LogP contribution < -0.4 is 5.32 Å². The van der Waals surface area contributed by atoms with Crippen molar-refractivity contribution >= 4 is 28.8 Å². The second-order valence-corrected chi connectivity index (χ2v) is 6.73. The van der Waals surface area contributed by atoms with E-state index >= 15 is 0 Å². The lowest BCUT2D eigenvalue weighted by molar-refractivity contribution is -0.135. The molecule has 1 N–H and O–H groups in total. The second kappa shape index (κ2) is 8.68. The van der Waals surface area contributed by atoms with Crippen LogP contribution in [0.1, 0.15) is 27.7 Å². The molecule has 1 aliphatic heterocycles. The summed E-state index contributed by atoms with van der Waals surface area (Å²) in [6.45, 7) is 2.56. The maximum absolute atomic E-state index is 12.1. The van der Waals surface area contributed by atoms with Crippen molar-refractivity contribution < 1.29 is 14.3 Å². The van der Waals surface area contributed by atoms with Gasteiger partial charge in [0.2, 0.25) is 10.9 Å². The van der Waals surface area contributed by atoms with Crippen LogP contribution >= 0.6 is 11.3 Å². The van der Waals surface area contributed by atoms with Gasteiger partial charge < -0.3 is 15.0 Å². The van der Waals surface area contributed by atoms with Crippen molar-refractivity contribution in [1.29, 1.82) is 0 Å². The minimum atomic E-state index is -0.264. The molecule has 1 aliphatic rings. The molecule has 2 aromatic rings. The van der Waals surface area contributed by atoms with E-state index in [1.54, 1.807) is 0 Å². The predicted octanol–water partition coefficient (Wildman–Crippen LogP) is 1.97. The highest BCUT2D eigenvalue weighted by Gasteiger charge is 2.17. The van der Waals surface area contributed by atoms with E-state index in [-0.39, 0.29) is 11.8 Å². The van der Waals surface area contributed by atoms with E-state index in [9.17, 15) is 9.59 Å². The molecule has 1 fully saturated rings. The molecule has 2 heterocycles. The lowest BCUT2D eigenvalue weighted by Gasteiger charge is -2.26. The van der Waals surface area contributed by atoms with Gasteiger partial charge in [-0.05, 0) is 18.6 Å². The van der Waals surface area contributed by atoms with E-state index in [0.717, 1.165) is 10.7 Å². The Morgan fingerprint density at radius 2 is 1.92 bits per heavy atom. The molecule has 0 unspecified atom stereocenters. The molecule has 25 heavy (non-hydrogen) atoms. The standard InChI is InChI=1S/C17H20N4O3S/c22-15(21-9-11-24-12-10-21)8-4-7-14-19-20-17(25-14)16(23)18-13-5-2-1-3-6-13/h1-3,5-6H,4,7-12H2,(H,18,23). The van der Waals surface area contributed by atoms with Crippen molar-refractivity contribution in [2.24, 2.45) is 0 Å². The molecule has 1 saturated heterocycles. The van der Waals surface area contributed by atoms with Crippen molar-refractivity contribution in [3.05, 3.63) is 40.3 Å². The Labute approximate surface area is 150 Å². The van der Waals surface area contributed by atoms with Gasteiger partial charge >= 0.3 is 0 Å². The quantitative estimate of drug-likeness (QED) is 0.851. The van der Waals surface area contributed by atoms with Crippen LogP contribution in [0, 0.1) is 0 Å². The van der Waals surface area contributed by atoms with Gasteiger partial charge in [0.05, 0.1) is 13.2 Å². The van der Waals surface area contributed by atoms with Crippen molar-refractivity contribution in [2.75, 3.05) is 31.6 Å². The molecule has 0 aliphatic carbocycles. The number of nitrogens with zero attached hydrogens (tertiary/aromatic N) is 3. The number of anilines is 1. The van der Waals surface area contributed by atoms with Crippen LogP contribution in [0.5, 0.6) is 0 Å². The largest absolute Gasteiger partial charge is 0.378 e. The van der Waals surface area contributed by atoms with Gasteiger partial charge in [0.25, 0.3) is 5.91 Å². The first-order valence-corrected chi connectivity index (χ1v) is 9.08. The number of amides is 2. The molecule has 0 spiro atoms. The number of nitrogens with one attached hydrogen (secondary N) is 1. The zero-order valence-corrected chi connectivity index (χ0v) is 14.6. The van der Waals surface area contributed by atoms with Crippen LogP contribution in [0.3, 0.4) is 0 Å². The van der Waals surface area contributed by atoms with Crippen LogP contribution in [0.2, 0.25) is 0 Å². The van der Waals surface area contributed by atoms with E-state index in [4.69, 9.17) is 4.74 Å². The highest BCUT2D eigenvalue weighted by molar-refractivity contribution is 7.13. The molecule has 3 rings (SSSR count). The summed E-state index contributed by atoms with van der Waals surface area (Å²) in [5, 5.41) is 11.9. The summed E-state index contributed by atoms with van der Waals surface area (Å²) in [6, 6.07) is 9.23. The van der Waals surface area contributed by atoms with Crippen molar-refractivity contribution in [2.45, 2.75) is 19.3 Å². The van der Waals surface area contributed by atoms with Crippen molar-refractivity contribution in [3.63, 3.8) is 0 Å². The normalized spacial score (nSPS) is 14.3. The summed E-state index contributed by atoms with van der Waals surface area (Å²) in [5.74, 6) is -0.116. The van der Waals surface area contributed by atoms with Crippen LogP contribution in [0.4, 0.5) is 5.69 Å². The van der Waals surface area contributed by atoms with Gasteiger partial charge in [-0.25, -0.2) is 0 Å². The molecular formula is C17H20N4O3S. The average molecular weight is 360 g/mol. The monoisotopic (exact) mass is 360 g/mol. The number of aryl methyl sites for hydroxylation is 1. The van der Waals surface area contributed by atoms with Crippen molar-refractivity contribution in [3.8, 4) is 0 Å². The lowest BCUT2D eigenvalue weighted by atomic mass is 10.2. The van der Waals surface area contributed by atoms with Crippen molar-refractivity contribution in [1.82, 2.24) is 15.1 Å². The number of benzene rings is 1. The third-order valence-electron chi connectivity index (χ3n) is 3.84. The molecule has 7 nitrogen and oxygen atoms in total. The Kier molecular flexibility index (Phi) is 6.08. The number of aromatic nitrogens is 2. The van der Waals surface area contributed by atoms with Gasteiger partial charge in [0, 0.05) is 31.6 Å². The molecule has 0 radical (unpaired) electrons. The molecule has 132 valence electrons. The summed E-state index contributed by atoms with van der Waals surface area (Å²) in [7, 11) is 0. The van der Waals surface area contributed by atoms with Gasteiger partial charge in [-0.1, -0.05) is 29.5 Å². The average Bonchev–Trinajstić information content (AvgIpc) is 3.12. The van der Waals surface area contributed by atoms with Gasteiger partial charge in [-0.3, -0.25) is 9.59 Å². The van der Waals surface area contributed by atoms with E-state index in [2.05, 4.69) is 15.5 Å². The van der Waals surface area contributed by atoms with Gasteiger partial charge in [0.15, 0.2) is 0 Å². The molecule has 8 heteroatoms. The van der Waals surface area contributed by atoms with Gasteiger partial charge in [-0.2, -0.15) is 0 Å². The summed E-state index contributed by atoms with van der Waals surface area (Å²) in [4.78, 5) is 26.1. The van der Waals surface area contributed by atoms with Crippen LogP contribution in [0.25, 0.3) is 0 Å².